The highest BCUT2D eigenvalue weighted by Gasteiger charge is 2.14. The molecule has 3 rings (SSSR count). The van der Waals surface area contributed by atoms with Gasteiger partial charge in [-0.15, -0.1) is 11.3 Å². The maximum Gasteiger partial charge on any atom is 0.228 e. The molecule has 0 unspecified atom stereocenters. The Kier molecular flexibility index (Phi) is 7.71. The first-order valence-electron chi connectivity index (χ1n) is 9.82. The van der Waals surface area contributed by atoms with Crippen LogP contribution in [0.4, 0.5) is 11.1 Å². The number of rotatable bonds is 11. The van der Waals surface area contributed by atoms with E-state index in [9.17, 15) is 0 Å². The van der Waals surface area contributed by atoms with Gasteiger partial charge in [-0.1, -0.05) is 51.5 Å². The number of nitrogens with zero attached hydrogens (tertiary/aromatic N) is 4. The van der Waals surface area contributed by atoms with Gasteiger partial charge in [0, 0.05) is 23.5 Å². The third-order valence-electron chi connectivity index (χ3n) is 4.40. The number of hydrogen-bond donors (Lipinski definition) is 1. The van der Waals surface area contributed by atoms with Crippen molar-refractivity contribution in [2.24, 2.45) is 0 Å². The summed E-state index contributed by atoms with van der Waals surface area (Å²) in [5.41, 5.74) is 1.90. The minimum Gasteiger partial charge on any atom is -0.300 e. The van der Waals surface area contributed by atoms with Crippen LogP contribution in [0.3, 0.4) is 0 Å². The highest BCUT2D eigenvalue weighted by molar-refractivity contribution is 7.16. The van der Waals surface area contributed by atoms with Crippen molar-refractivity contribution in [2.75, 3.05) is 5.32 Å². The second kappa shape index (κ2) is 10.7. The minimum atomic E-state index is 0.571. The smallest absolute Gasteiger partial charge is 0.228 e. The molecular formula is C21H27N5S. The topological polar surface area (TPSA) is 63.6 Å². The monoisotopic (exact) mass is 381 g/mol. The third-order valence-corrected chi connectivity index (χ3v) is 5.43. The van der Waals surface area contributed by atoms with Crippen LogP contribution >= 0.6 is 11.3 Å². The third kappa shape index (κ3) is 6.10. The van der Waals surface area contributed by atoms with Crippen LogP contribution in [0.15, 0.2) is 42.9 Å². The van der Waals surface area contributed by atoms with Crippen LogP contribution in [0.5, 0.6) is 0 Å². The van der Waals surface area contributed by atoms with Crippen molar-refractivity contribution in [3.05, 3.63) is 47.7 Å². The van der Waals surface area contributed by atoms with Gasteiger partial charge in [-0.2, -0.15) is 0 Å². The summed E-state index contributed by atoms with van der Waals surface area (Å²) in [7, 11) is 0. The molecule has 142 valence electrons. The zero-order valence-electron chi connectivity index (χ0n) is 15.9. The molecule has 3 aromatic heterocycles. The van der Waals surface area contributed by atoms with Crippen molar-refractivity contribution in [3.8, 4) is 11.4 Å². The molecule has 0 aromatic carbocycles. The summed E-state index contributed by atoms with van der Waals surface area (Å²) in [4.78, 5) is 19.0. The van der Waals surface area contributed by atoms with Crippen LogP contribution in [0.1, 0.15) is 56.7 Å². The number of aromatic nitrogens is 4. The maximum atomic E-state index is 4.78. The summed E-state index contributed by atoms with van der Waals surface area (Å²) in [5, 5.41) is 4.04. The molecule has 3 heterocycles. The lowest BCUT2D eigenvalue weighted by molar-refractivity contribution is 0.590. The summed E-state index contributed by atoms with van der Waals surface area (Å²) in [6.45, 7) is 2.26. The van der Waals surface area contributed by atoms with Gasteiger partial charge in [-0.05, 0) is 31.0 Å². The van der Waals surface area contributed by atoms with Gasteiger partial charge in [0.2, 0.25) is 5.95 Å². The molecule has 1 N–H and O–H groups in total. The van der Waals surface area contributed by atoms with Gasteiger partial charge < -0.3 is 5.32 Å². The Morgan fingerprint density at radius 2 is 1.59 bits per heavy atom. The lowest BCUT2D eigenvalue weighted by Gasteiger charge is -2.02. The molecule has 0 aliphatic heterocycles. The van der Waals surface area contributed by atoms with E-state index in [0.29, 0.717) is 5.95 Å². The van der Waals surface area contributed by atoms with Crippen molar-refractivity contribution in [3.63, 3.8) is 0 Å². The van der Waals surface area contributed by atoms with E-state index in [0.717, 1.165) is 22.9 Å². The fourth-order valence-electron chi connectivity index (χ4n) is 2.98. The van der Waals surface area contributed by atoms with Crippen LogP contribution in [-0.4, -0.2) is 19.9 Å². The van der Waals surface area contributed by atoms with Gasteiger partial charge in [0.15, 0.2) is 5.13 Å². The van der Waals surface area contributed by atoms with Crippen LogP contribution in [-0.2, 0) is 6.42 Å². The Morgan fingerprint density at radius 3 is 2.33 bits per heavy atom. The first-order valence-corrected chi connectivity index (χ1v) is 10.6. The van der Waals surface area contributed by atoms with E-state index in [1.165, 1.54) is 49.8 Å². The number of thiazole rings is 1. The molecule has 0 aliphatic carbocycles. The Bertz CT molecular complexity index is 789. The molecular weight excluding hydrogens is 354 g/mol. The fourth-order valence-corrected chi connectivity index (χ4v) is 3.99. The number of pyridine rings is 1. The Labute approximate surface area is 165 Å². The number of unbranched alkanes of at least 4 members (excludes halogenated alkanes) is 6. The molecule has 0 atom stereocenters. The average molecular weight is 382 g/mol. The number of anilines is 2. The molecule has 27 heavy (non-hydrogen) atoms. The Morgan fingerprint density at radius 1 is 0.852 bits per heavy atom. The van der Waals surface area contributed by atoms with Crippen molar-refractivity contribution in [2.45, 2.75) is 58.3 Å². The molecule has 0 bridgehead atoms. The number of nitrogens with one attached hydrogen (secondary N) is 1. The van der Waals surface area contributed by atoms with Crippen molar-refractivity contribution >= 4 is 22.4 Å². The zero-order valence-corrected chi connectivity index (χ0v) is 16.7. The van der Waals surface area contributed by atoms with Gasteiger partial charge in [-0.3, -0.25) is 4.98 Å². The molecule has 0 aliphatic rings. The van der Waals surface area contributed by atoms with E-state index in [1.807, 2.05) is 24.4 Å². The molecule has 0 fully saturated rings. The van der Waals surface area contributed by atoms with E-state index >= 15 is 0 Å². The van der Waals surface area contributed by atoms with Crippen LogP contribution < -0.4 is 5.32 Å². The van der Waals surface area contributed by atoms with Gasteiger partial charge in [0.1, 0.15) is 5.69 Å². The fraction of sp³-hybridized carbons (Fsp3) is 0.429. The van der Waals surface area contributed by atoms with E-state index in [4.69, 9.17) is 4.98 Å². The van der Waals surface area contributed by atoms with E-state index in [-0.39, 0.29) is 0 Å². The van der Waals surface area contributed by atoms with Crippen LogP contribution in [0.25, 0.3) is 11.4 Å². The van der Waals surface area contributed by atoms with Gasteiger partial charge in [0.05, 0.1) is 5.69 Å². The molecule has 0 saturated carbocycles. The Hall–Kier alpha value is -2.34. The largest absolute Gasteiger partial charge is 0.300 e. The number of aryl methyl sites for hydroxylation is 1. The zero-order chi connectivity index (χ0) is 18.7. The van der Waals surface area contributed by atoms with Crippen molar-refractivity contribution in [1.29, 1.82) is 0 Å². The lowest BCUT2D eigenvalue weighted by Crippen LogP contribution is -1.95. The molecule has 0 amide bonds. The summed E-state index contributed by atoms with van der Waals surface area (Å²) in [5.74, 6) is 0.571. The summed E-state index contributed by atoms with van der Waals surface area (Å²) in [6.07, 6.45) is 15.5. The van der Waals surface area contributed by atoms with Crippen molar-refractivity contribution < 1.29 is 0 Å². The van der Waals surface area contributed by atoms with Crippen LogP contribution in [0, 0.1) is 0 Å². The first kappa shape index (κ1) is 19.4. The molecule has 0 spiro atoms. The van der Waals surface area contributed by atoms with Crippen LogP contribution in [0.2, 0.25) is 0 Å². The van der Waals surface area contributed by atoms with Gasteiger partial charge >= 0.3 is 0 Å². The minimum absolute atomic E-state index is 0.571. The highest BCUT2D eigenvalue weighted by atomic mass is 32.1. The molecule has 0 saturated heterocycles. The van der Waals surface area contributed by atoms with Crippen molar-refractivity contribution in [1.82, 2.24) is 19.9 Å². The summed E-state index contributed by atoms with van der Waals surface area (Å²) >= 11 is 1.68. The first-order chi connectivity index (χ1) is 13.4. The maximum absolute atomic E-state index is 4.78. The second-order valence-electron chi connectivity index (χ2n) is 6.57. The molecule has 0 radical (unpaired) electrons. The summed E-state index contributed by atoms with van der Waals surface area (Å²) in [6, 6.07) is 7.76. The van der Waals surface area contributed by atoms with Gasteiger partial charge in [0.25, 0.3) is 0 Å². The molecule has 5 nitrogen and oxygen atoms in total. The molecule has 3 aromatic rings. The normalized spacial score (nSPS) is 10.9. The SMILES string of the molecule is CCCCCCCCCc1sc(Nc2ncccn2)nc1-c1ccccn1. The van der Waals surface area contributed by atoms with E-state index in [2.05, 4.69) is 27.2 Å². The molecule has 6 heteroatoms. The standard InChI is InChI=1S/C21H27N5S/c1-2-3-4-5-6-7-8-13-18-19(17-12-9-10-14-22-17)25-21(27-18)26-20-23-15-11-16-24-20/h9-12,14-16H,2-8,13H2,1H3,(H,23,24,25,26). The lowest BCUT2D eigenvalue weighted by atomic mass is 10.1. The van der Waals surface area contributed by atoms with E-state index in [1.54, 1.807) is 29.8 Å². The quantitative estimate of drug-likeness (QED) is 0.411. The average Bonchev–Trinajstić information content (AvgIpc) is 3.11. The highest BCUT2D eigenvalue weighted by Crippen LogP contribution is 2.32. The predicted molar refractivity (Wildman–Crippen MR) is 112 cm³/mol. The Balaban J connectivity index is 1.65. The predicted octanol–water partition coefficient (Wildman–Crippen LogP) is 6.03. The van der Waals surface area contributed by atoms with E-state index < -0.39 is 0 Å². The second-order valence-corrected chi connectivity index (χ2v) is 7.66. The van der Waals surface area contributed by atoms with Gasteiger partial charge in [-0.25, -0.2) is 15.0 Å². The summed E-state index contributed by atoms with van der Waals surface area (Å²) < 4.78 is 0. The number of hydrogen-bond acceptors (Lipinski definition) is 6.